The lowest BCUT2D eigenvalue weighted by molar-refractivity contribution is 0.239. The Morgan fingerprint density at radius 1 is 0.840 bits per heavy atom. The van der Waals surface area contributed by atoms with Crippen LogP contribution in [-0.4, -0.2) is 44.2 Å². The number of hydrogen-bond donors (Lipinski definition) is 2. The molecular weight excluding hydrogens is 350 g/mol. The summed E-state index contributed by atoms with van der Waals surface area (Å²) in [5, 5.41) is 0. The minimum Gasteiger partial charge on any atom is -0.492 e. The largest absolute Gasteiger partial charge is 0.492 e. The van der Waals surface area contributed by atoms with Crippen LogP contribution in [-0.2, 0) is 6.42 Å². The van der Waals surface area contributed by atoms with Crippen LogP contribution in [0.5, 0.6) is 5.75 Å². The van der Waals surface area contributed by atoms with Crippen molar-refractivity contribution in [3.63, 3.8) is 0 Å². The van der Waals surface area contributed by atoms with Crippen LogP contribution in [0.4, 0.5) is 11.4 Å². The predicted molar refractivity (Wildman–Crippen MR) is 114 cm³/mol. The molecule has 0 aliphatic heterocycles. The summed E-state index contributed by atoms with van der Waals surface area (Å²) in [6.45, 7) is 2.63. The van der Waals surface area contributed by atoms with E-state index in [1.54, 1.807) is 23.9 Å². The number of ether oxygens (including phenoxy) is 1. The van der Waals surface area contributed by atoms with Gasteiger partial charge in [0, 0.05) is 37.0 Å². The average Bonchev–Trinajstić information content (AvgIpc) is 2.63. The standard InChI is InChI=1S/C19H27N3OS2/c1-22(13-12-16-4-6-17(7-5-16)20-24-2)14-15-23-19-10-8-18(9-11-19)21-25-3/h4-11,20-21H,12-15H2,1-3H3. The molecule has 0 amide bonds. The van der Waals surface area contributed by atoms with E-state index in [0.29, 0.717) is 6.61 Å². The van der Waals surface area contributed by atoms with Crippen molar-refractivity contribution in [3.8, 4) is 5.75 Å². The molecular formula is C19H27N3OS2. The maximum absolute atomic E-state index is 5.82. The number of likely N-dealkylation sites (N-methyl/N-ethyl adjacent to an activating group) is 1. The zero-order chi connectivity index (χ0) is 17.9. The maximum atomic E-state index is 5.82. The number of nitrogens with zero attached hydrogens (tertiary/aromatic N) is 1. The number of hydrogen-bond acceptors (Lipinski definition) is 6. The van der Waals surface area contributed by atoms with Gasteiger partial charge in [0.1, 0.15) is 12.4 Å². The summed E-state index contributed by atoms with van der Waals surface area (Å²) >= 11 is 3.20. The Balaban J connectivity index is 1.65. The van der Waals surface area contributed by atoms with Crippen LogP contribution in [0.3, 0.4) is 0 Å². The second-order valence-corrected chi connectivity index (χ2v) is 6.96. The third-order valence-electron chi connectivity index (χ3n) is 3.77. The summed E-state index contributed by atoms with van der Waals surface area (Å²) in [7, 11) is 2.14. The van der Waals surface area contributed by atoms with Crippen LogP contribution in [0.1, 0.15) is 5.56 Å². The van der Waals surface area contributed by atoms with E-state index in [-0.39, 0.29) is 0 Å². The summed E-state index contributed by atoms with van der Waals surface area (Å²) in [6, 6.07) is 16.7. The van der Waals surface area contributed by atoms with Crippen molar-refractivity contribution >= 4 is 35.3 Å². The fraction of sp³-hybridized carbons (Fsp3) is 0.368. The Kier molecular flexibility index (Phi) is 8.86. The molecule has 0 aromatic heterocycles. The lowest BCUT2D eigenvalue weighted by atomic mass is 10.1. The van der Waals surface area contributed by atoms with E-state index in [1.165, 1.54) is 5.56 Å². The molecule has 0 fully saturated rings. The van der Waals surface area contributed by atoms with E-state index < -0.39 is 0 Å². The summed E-state index contributed by atoms with van der Waals surface area (Å²) < 4.78 is 12.3. The normalized spacial score (nSPS) is 10.7. The summed E-state index contributed by atoms with van der Waals surface area (Å²) in [4.78, 5) is 2.30. The molecule has 0 radical (unpaired) electrons. The molecule has 25 heavy (non-hydrogen) atoms. The molecule has 0 spiro atoms. The van der Waals surface area contributed by atoms with E-state index in [2.05, 4.69) is 45.7 Å². The van der Waals surface area contributed by atoms with Crippen LogP contribution >= 0.6 is 23.9 Å². The summed E-state index contributed by atoms with van der Waals surface area (Å²) in [6.07, 6.45) is 5.08. The third-order valence-corrected chi connectivity index (χ3v) is 4.65. The van der Waals surface area contributed by atoms with Gasteiger partial charge < -0.3 is 19.1 Å². The fourth-order valence-corrected chi connectivity index (χ4v) is 3.09. The molecule has 2 rings (SSSR count). The number of nitrogens with one attached hydrogen (secondary N) is 2. The topological polar surface area (TPSA) is 36.5 Å². The summed E-state index contributed by atoms with van der Waals surface area (Å²) in [5.74, 6) is 0.914. The molecule has 2 N–H and O–H groups in total. The molecule has 0 unspecified atom stereocenters. The van der Waals surface area contributed by atoms with E-state index >= 15 is 0 Å². The molecule has 0 atom stereocenters. The number of anilines is 2. The van der Waals surface area contributed by atoms with Crippen molar-refractivity contribution in [1.82, 2.24) is 4.90 Å². The molecule has 6 heteroatoms. The van der Waals surface area contributed by atoms with Gasteiger partial charge in [-0.15, -0.1) is 0 Å². The quantitative estimate of drug-likeness (QED) is 0.557. The van der Waals surface area contributed by atoms with Crippen LogP contribution in [0.25, 0.3) is 0 Å². The molecule has 0 aliphatic rings. The molecule has 2 aromatic carbocycles. The second-order valence-electron chi connectivity index (χ2n) is 5.74. The van der Waals surface area contributed by atoms with Crippen molar-refractivity contribution in [1.29, 1.82) is 0 Å². The average molecular weight is 378 g/mol. The highest BCUT2D eigenvalue weighted by Gasteiger charge is 2.01. The van der Waals surface area contributed by atoms with Crippen molar-refractivity contribution in [2.45, 2.75) is 6.42 Å². The van der Waals surface area contributed by atoms with Crippen LogP contribution in [0, 0.1) is 0 Å². The molecule has 136 valence electrons. The van der Waals surface area contributed by atoms with Gasteiger partial charge in [-0.3, -0.25) is 0 Å². The van der Waals surface area contributed by atoms with Gasteiger partial charge in [0.15, 0.2) is 0 Å². The van der Waals surface area contributed by atoms with Gasteiger partial charge in [-0.2, -0.15) is 0 Å². The Bertz CT molecular complexity index is 605. The lowest BCUT2D eigenvalue weighted by Crippen LogP contribution is -2.26. The van der Waals surface area contributed by atoms with E-state index in [0.717, 1.165) is 36.6 Å². The molecule has 0 bridgehead atoms. The number of benzene rings is 2. The zero-order valence-corrected chi connectivity index (χ0v) is 16.8. The van der Waals surface area contributed by atoms with Crippen LogP contribution in [0.2, 0.25) is 0 Å². The Labute approximate surface area is 160 Å². The monoisotopic (exact) mass is 377 g/mol. The van der Waals surface area contributed by atoms with Gasteiger partial charge in [0.2, 0.25) is 0 Å². The zero-order valence-electron chi connectivity index (χ0n) is 15.1. The molecule has 0 saturated heterocycles. The van der Waals surface area contributed by atoms with Crippen LogP contribution in [0.15, 0.2) is 48.5 Å². The van der Waals surface area contributed by atoms with Crippen LogP contribution < -0.4 is 14.2 Å². The Morgan fingerprint density at radius 2 is 1.40 bits per heavy atom. The van der Waals surface area contributed by atoms with Crippen molar-refractivity contribution in [2.24, 2.45) is 0 Å². The highest BCUT2D eigenvalue weighted by atomic mass is 32.2. The minimum atomic E-state index is 0.697. The van der Waals surface area contributed by atoms with Gasteiger partial charge in [-0.1, -0.05) is 36.0 Å². The van der Waals surface area contributed by atoms with E-state index in [4.69, 9.17) is 4.74 Å². The van der Waals surface area contributed by atoms with Gasteiger partial charge >= 0.3 is 0 Å². The summed E-state index contributed by atoms with van der Waals surface area (Å²) in [5.41, 5.74) is 3.60. The van der Waals surface area contributed by atoms with Gasteiger partial charge in [0.25, 0.3) is 0 Å². The van der Waals surface area contributed by atoms with Crippen molar-refractivity contribution < 1.29 is 4.74 Å². The molecule has 4 nitrogen and oxygen atoms in total. The van der Waals surface area contributed by atoms with Gasteiger partial charge in [-0.25, -0.2) is 0 Å². The first-order valence-electron chi connectivity index (χ1n) is 8.29. The van der Waals surface area contributed by atoms with Gasteiger partial charge in [0.05, 0.1) is 0 Å². The Hall–Kier alpha value is -1.50. The first-order valence-corrected chi connectivity index (χ1v) is 10.7. The third kappa shape index (κ3) is 7.50. The van der Waals surface area contributed by atoms with Crippen molar-refractivity contribution in [2.75, 3.05) is 48.7 Å². The fourth-order valence-electron chi connectivity index (χ4n) is 2.35. The smallest absolute Gasteiger partial charge is 0.119 e. The maximum Gasteiger partial charge on any atom is 0.119 e. The Morgan fingerprint density at radius 3 is 1.96 bits per heavy atom. The van der Waals surface area contributed by atoms with E-state index in [1.807, 2.05) is 36.8 Å². The first-order chi connectivity index (χ1) is 12.2. The van der Waals surface area contributed by atoms with E-state index in [9.17, 15) is 0 Å². The molecule has 0 saturated carbocycles. The minimum absolute atomic E-state index is 0.697. The van der Waals surface area contributed by atoms with Crippen molar-refractivity contribution in [3.05, 3.63) is 54.1 Å². The SMILES string of the molecule is CSNc1ccc(CCN(C)CCOc2ccc(NSC)cc2)cc1. The second kappa shape index (κ2) is 11.2. The molecule has 0 aliphatic carbocycles. The predicted octanol–water partition coefficient (Wildman–Crippen LogP) is 4.62. The molecule has 2 aromatic rings. The highest BCUT2D eigenvalue weighted by molar-refractivity contribution is 8.00. The first kappa shape index (κ1) is 19.8. The molecule has 0 heterocycles. The number of rotatable bonds is 11. The van der Waals surface area contributed by atoms with Gasteiger partial charge in [-0.05, 0) is 55.4 Å². The highest BCUT2D eigenvalue weighted by Crippen LogP contribution is 2.17. The lowest BCUT2D eigenvalue weighted by Gasteiger charge is -2.17.